The molecule has 5 rings (SSSR count). The summed E-state index contributed by atoms with van der Waals surface area (Å²) in [5.41, 5.74) is 3.51. The number of anilines is 1. The van der Waals surface area contributed by atoms with Gasteiger partial charge in [0.15, 0.2) is 0 Å². The third-order valence-corrected chi connectivity index (χ3v) is 6.10. The first-order valence-electron chi connectivity index (χ1n) is 11.6. The number of benzene rings is 3. The molecule has 0 spiro atoms. The number of ketones is 1. The topological polar surface area (TPSA) is 79.7 Å². The number of aliphatic hydroxyl groups excluding tert-OH is 1. The highest BCUT2D eigenvalue weighted by Crippen LogP contribution is 2.41. The van der Waals surface area contributed by atoms with E-state index in [1.54, 1.807) is 60.8 Å². The number of hydrogen-bond donors (Lipinski definition) is 1. The van der Waals surface area contributed by atoms with E-state index in [2.05, 4.69) is 4.98 Å². The molecule has 0 saturated carbocycles. The maximum atomic E-state index is 13.3. The Morgan fingerprint density at radius 3 is 2.25 bits per heavy atom. The van der Waals surface area contributed by atoms with Crippen LogP contribution in [0.1, 0.15) is 28.4 Å². The van der Waals surface area contributed by atoms with E-state index in [9.17, 15) is 14.7 Å². The number of nitrogens with zero attached hydrogens (tertiary/aromatic N) is 2. The molecule has 0 bridgehead atoms. The quantitative estimate of drug-likeness (QED) is 0.223. The van der Waals surface area contributed by atoms with Crippen LogP contribution in [0.5, 0.6) is 5.75 Å². The number of rotatable bonds is 6. The van der Waals surface area contributed by atoms with Crippen LogP contribution in [-0.4, -0.2) is 21.8 Å². The summed E-state index contributed by atoms with van der Waals surface area (Å²) in [6.07, 6.45) is 1.60. The van der Waals surface area contributed by atoms with E-state index in [1.807, 2.05) is 49.4 Å². The first-order valence-corrected chi connectivity index (χ1v) is 11.6. The van der Waals surface area contributed by atoms with Crippen LogP contribution in [0, 0.1) is 6.92 Å². The Labute approximate surface area is 209 Å². The van der Waals surface area contributed by atoms with Crippen molar-refractivity contribution in [2.24, 2.45) is 0 Å². The van der Waals surface area contributed by atoms with Crippen LogP contribution in [-0.2, 0) is 16.2 Å². The number of Topliss-reactive ketones (excluding diaryl/α,β-unsaturated/α-hetero) is 1. The van der Waals surface area contributed by atoms with E-state index in [-0.39, 0.29) is 11.3 Å². The first-order chi connectivity index (χ1) is 17.5. The molecule has 1 atom stereocenters. The Balaban J connectivity index is 1.51. The van der Waals surface area contributed by atoms with Gasteiger partial charge in [0.05, 0.1) is 11.3 Å². The molecule has 4 aromatic rings. The van der Waals surface area contributed by atoms with Gasteiger partial charge in [-0.3, -0.25) is 19.5 Å². The van der Waals surface area contributed by atoms with Gasteiger partial charge in [-0.15, -0.1) is 0 Å². The van der Waals surface area contributed by atoms with Gasteiger partial charge in [-0.1, -0.05) is 66.2 Å². The molecule has 36 heavy (non-hydrogen) atoms. The van der Waals surface area contributed by atoms with Crippen LogP contribution >= 0.6 is 0 Å². The van der Waals surface area contributed by atoms with Gasteiger partial charge in [-0.25, -0.2) is 0 Å². The van der Waals surface area contributed by atoms with Gasteiger partial charge >= 0.3 is 0 Å². The van der Waals surface area contributed by atoms with E-state index >= 15 is 0 Å². The minimum Gasteiger partial charge on any atom is -0.507 e. The van der Waals surface area contributed by atoms with Crippen LogP contribution in [0.4, 0.5) is 5.69 Å². The molecule has 1 aliphatic heterocycles. The Morgan fingerprint density at radius 2 is 1.58 bits per heavy atom. The van der Waals surface area contributed by atoms with Crippen molar-refractivity contribution in [2.45, 2.75) is 19.6 Å². The summed E-state index contributed by atoms with van der Waals surface area (Å²) in [4.78, 5) is 32.3. The number of pyridine rings is 1. The molecule has 178 valence electrons. The number of aromatic nitrogens is 1. The lowest BCUT2D eigenvalue weighted by Crippen LogP contribution is -2.29. The summed E-state index contributed by atoms with van der Waals surface area (Å²) in [5, 5.41) is 11.2. The summed E-state index contributed by atoms with van der Waals surface area (Å²) in [6.45, 7) is 2.35. The Morgan fingerprint density at radius 1 is 0.889 bits per heavy atom. The summed E-state index contributed by atoms with van der Waals surface area (Å²) in [6, 6.07) is 28.3. The summed E-state index contributed by atoms with van der Waals surface area (Å²) < 4.78 is 5.86. The highest BCUT2D eigenvalue weighted by Gasteiger charge is 2.47. The van der Waals surface area contributed by atoms with E-state index in [1.165, 1.54) is 4.90 Å². The molecule has 1 N–H and O–H groups in total. The molecular weight excluding hydrogens is 452 g/mol. The van der Waals surface area contributed by atoms with E-state index in [0.29, 0.717) is 29.3 Å². The summed E-state index contributed by atoms with van der Waals surface area (Å²) in [5.74, 6) is -1.08. The lowest BCUT2D eigenvalue weighted by molar-refractivity contribution is -0.132. The molecular formula is C30H24N2O4. The molecule has 3 aromatic carbocycles. The molecule has 0 radical (unpaired) electrons. The molecule has 1 fully saturated rings. The smallest absolute Gasteiger partial charge is 0.300 e. The lowest BCUT2D eigenvalue weighted by atomic mass is 9.97. The molecule has 6 heteroatoms. The number of carbonyl (C=O) groups excluding carboxylic acids is 2. The molecule has 6 nitrogen and oxygen atoms in total. The van der Waals surface area contributed by atoms with Gasteiger partial charge in [0.2, 0.25) is 0 Å². The third-order valence-electron chi connectivity index (χ3n) is 6.10. The van der Waals surface area contributed by atoms with E-state index < -0.39 is 17.7 Å². The first kappa shape index (κ1) is 23.1. The average Bonchev–Trinajstić information content (AvgIpc) is 3.19. The van der Waals surface area contributed by atoms with Crippen molar-refractivity contribution >= 4 is 23.1 Å². The van der Waals surface area contributed by atoms with E-state index in [0.717, 1.165) is 11.1 Å². The predicted molar refractivity (Wildman–Crippen MR) is 137 cm³/mol. The van der Waals surface area contributed by atoms with Crippen molar-refractivity contribution in [1.82, 2.24) is 4.98 Å². The maximum absolute atomic E-state index is 13.3. The second-order valence-corrected chi connectivity index (χ2v) is 8.56. The van der Waals surface area contributed by atoms with Crippen molar-refractivity contribution in [1.29, 1.82) is 0 Å². The van der Waals surface area contributed by atoms with Gasteiger partial charge in [-0.2, -0.15) is 0 Å². The fraction of sp³-hybridized carbons (Fsp3) is 0.100. The largest absolute Gasteiger partial charge is 0.507 e. The zero-order valence-electron chi connectivity index (χ0n) is 19.7. The molecule has 2 heterocycles. The van der Waals surface area contributed by atoms with Crippen molar-refractivity contribution in [3.63, 3.8) is 0 Å². The molecule has 1 aliphatic rings. The number of aryl methyl sites for hydroxylation is 1. The average molecular weight is 477 g/mol. The SMILES string of the molecule is Cc1ccc(/C(O)=C2/C(=O)C(=O)N(c3ccc(OCc4ccccc4)cc3)C2c2ccccn2)cc1. The van der Waals surface area contributed by atoms with Crippen LogP contribution in [0.3, 0.4) is 0 Å². The van der Waals surface area contributed by atoms with Gasteiger partial charge in [-0.05, 0) is 48.9 Å². The van der Waals surface area contributed by atoms with Gasteiger partial charge in [0, 0.05) is 17.4 Å². The second-order valence-electron chi connectivity index (χ2n) is 8.56. The fourth-order valence-corrected chi connectivity index (χ4v) is 4.23. The van der Waals surface area contributed by atoms with Gasteiger partial charge in [0.1, 0.15) is 24.2 Å². The Kier molecular flexibility index (Phi) is 6.33. The Hall–Kier alpha value is -4.71. The number of carbonyl (C=O) groups is 2. The predicted octanol–water partition coefficient (Wildman–Crippen LogP) is 5.60. The number of aliphatic hydroxyl groups is 1. The molecule has 1 saturated heterocycles. The molecule has 1 unspecified atom stereocenters. The monoisotopic (exact) mass is 476 g/mol. The highest BCUT2D eigenvalue weighted by atomic mass is 16.5. The lowest BCUT2D eigenvalue weighted by Gasteiger charge is -2.24. The Bertz CT molecular complexity index is 1410. The van der Waals surface area contributed by atoms with Crippen LogP contribution in [0.25, 0.3) is 5.76 Å². The van der Waals surface area contributed by atoms with Gasteiger partial charge < -0.3 is 9.84 Å². The van der Waals surface area contributed by atoms with Crippen molar-refractivity contribution in [3.05, 3.63) is 131 Å². The zero-order valence-corrected chi connectivity index (χ0v) is 19.7. The minimum absolute atomic E-state index is 0.00644. The summed E-state index contributed by atoms with van der Waals surface area (Å²) >= 11 is 0. The molecule has 1 amide bonds. The number of ether oxygens (including phenoxy) is 1. The van der Waals surface area contributed by atoms with Crippen molar-refractivity contribution in [2.75, 3.05) is 4.90 Å². The summed E-state index contributed by atoms with van der Waals surface area (Å²) in [7, 11) is 0. The molecule has 1 aromatic heterocycles. The standard InChI is InChI=1S/C30H24N2O4/c1-20-10-12-22(13-11-20)28(33)26-27(25-9-5-6-18-31-25)32(30(35)29(26)34)23-14-16-24(17-15-23)36-19-21-7-3-2-4-8-21/h2-18,27,33H,19H2,1H3/b28-26-. The van der Waals surface area contributed by atoms with Crippen LogP contribution in [0.2, 0.25) is 0 Å². The normalized spacial score (nSPS) is 16.8. The van der Waals surface area contributed by atoms with Gasteiger partial charge in [0.25, 0.3) is 11.7 Å². The zero-order chi connectivity index (χ0) is 25.1. The third kappa shape index (κ3) is 4.49. The van der Waals surface area contributed by atoms with Crippen molar-refractivity contribution < 1.29 is 19.4 Å². The fourth-order valence-electron chi connectivity index (χ4n) is 4.23. The van der Waals surface area contributed by atoms with Crippen molar-refractivity contribution in [3.8, 4) is 5.75 Å². The number of amides is 1. The van der Waals surface area contributed by atoms with Crippen LogP contribution in [0.15, 0.2) is 109 Å². The van der Waals surface area contributed by atoms with Crippen LogP contribution < -0.4 is 9.64 Å². The van der Waals surface area contributed by atoms with E-state index in [4.69, 9.17) is 4.74 Å². The minimum atomic E-state index is -0.872. The second kappa shape index (κ2) is 9.88. The number of hydrogen-bond acceptors (Lipinski definition) is 5. The molecule has 0 aliphatic carbocycles. The highest BCUT2D eigenvalue weighted by molar-refractivity contribution is 6.51. The maximum Gasteiger partial charge on any atom is 0.300 e.